The molecule has 0 amide bonds. The molecule has 216 valence electrons. The normalized spacial score (nSPS) is 10.4. The molecule has 0 aliphatic carbocycles. The van der Waals surface area contributed by atoms with Gasteiger partial charge >= 0.3 is 21.7 Å². The monoisotopic (exact) mass is 602 g/mol. The first-order valence-corrected chi connectivity index (χ1v) is 14.7. The first-order chi connectivity index (χ1) is 19.1. The Morgan fingerprint density at radius 3 is 1.98 bits per heavy atom. The predicted molar refractivity (Wildman–Crippen MR) is 180 cm³/mol. The molecule has 3 heteroatoms. The average Bonchev–Trinajstić information content (AvgIpc) is 3.57. The van der Waals surface area contributed by atoms with Gasteiger partial charge in [-0.2, -0.15) is 36.1 Å². The van der Waals surface area contributed by atoms with Gasteiger partial charge in [0, 0.05) is 5.02 Å². The summed E-state index contributed by atoms with van der Waals surface area (Å²) < 4.78 is 5.58. The van der Waals surface area contributed by atoms with E-state index in [1.54, 1.807) is 7.11 Å². The minimum atomic E-state index is 0. The van der Waals surface area contributed by atoms with E-state index >= 15 is 0 Å². The van der Waals surface area contributed by atoms with Crippen molar-refractivity contribution in [1.29, 1.82) is 0 Å². The number of aryl methyl sites for hydroxylation is 1. The van der Waals surface area contributed by atoms with Gasteiger partial charge in [-0.25, -0.2) is 6.07 Å². The van der Waals surface area contributed by atoms with Crippen LogP contribution in [0.4, 0.5) is 0 Å². The van der Waals surface area contributed by atoms with E-state index < -0.39 is 0 Å². The van der Waals surface area contributed by atoms with Crippen LogP contribution in [0.15, 0.2) is 84.9 Å². The molecule has 0 aliphatic heterocycles. The van der Waals surface area contributed by atoms with E-state index in [1.165, 1.54) is 45.9 Å². The maximum atomic E-state index is 6.15. The van der Waals surface area contributed by atoms with Gasteiger partial charge < -0.3 is 18.6 Å². The second-order valence-corrected chi connectivity index (χ2v) is 11.4. The number of ether oxygens (including phenoxy) is 1. The maximum Gasteiger partial charge on any atom is 4.00 e. The summed E-state index contributed by atoms with van der Waals surface area (Å²) >= 11 is 6.15. The van der Waals surface area contributed by atoms with Gasteiger partial charge in [0.15, 0.2) is 0 Å². The second-order valence-electron chi connectivity index (χ2n) is 11.0. The van der Waals surface area contributed by atoms with E-state index in [1.807, 2.05) is 24.3 Å². The molecule has 0 unspecified atom stereocenters. The zero-order valence-corrected chi connectivity index (χ0v) is 28.4. The summed E-state index contributed by atoms with van der Waals surface area (Å²) in [7, 11) is 1.71. The second kappa shape index (κ2) is 18.3. The van der Waals surface area contributed by atoms with Crippen molar-refractivity contribution in [1.82, 2.24) is 0 Å². The molecule has 5 aromatic rings. The van der Waals surface area contributed by atoms with Crippen molar-refractivity contribution in [3.8, 4) is 16.9 Å². The van der Waals surface area contributed by atoms with Crippen molar-refractivity contribution in [2.75, 3.05) is 7.11 Å². The molecule has 5 aromatic carbocycles. The molecule has 5 rings (SSSR count). The molecule has 0 saturated heterocycles. The summed E-state index contributed by atoms with van der Waals surface area (Å²) in [6.07, 6.45) is 4.56. The molecule has 0 aliphatic rings. The Morgan fingerprint density at radius 1 is 0.902 bits per heavy atom. The molecule has 0 atom stereocenters. The number of halogens is 1. The Labute approximate surface area is 269 Å². The van der Waals surface area contributed by atoms with Crippen molar-refractivity contribution in [2.45, 2.75) is 72.6 Å². The van der Waals surface area contributed by atoms with Crippen LogP contribution in [0.2, 0.25) is 5.02 Å². The van der Waals surface area contributed by atoms with Crippen molar-refractivity contribution in [2.24, 2.45) is 0 Å². The smallest absolute Gasteiger partial charge is 0.505 e. The number of fused-ring (bicyclic) bond motifs is 3. The quantitative estimate of drug-likeness (QED) is 0.147. The third-order valence-corrected chi connectivity index (χ3v) is 6.81. The first-order valence-electron chi connectivity index (χ1n) is 14.3. The number of methoxy groups -OCH3 is 1. The zero-order valence-electron chi connectivity index (χ0n) is 26.1. The first kappa shape index (κ1) is 36.7. The van der Waals surface area contributed by atoms with Crippen LogP contribution in [-0.4, -0.2) is 7.11 Å². The summed E-state index contributed by atoms with van der Waals surface area (Å²) in [5, 5.41) is 5.42. The number of rotatable bonds is 4. The number of benzene rings is 3. The van der Waals surface area contributed by atoms with Crippen LogP contribution in [-0.2, 0) is 27.1 Å². The molecular weight excluding hydrogens is 556 g/mol. The molecule has 0 aromatic heterocycles. The maximum absolute atomic E-state index is 6.15. The van der Waals surface area contributed by atoms with E-state index in [0.717, 1.165) is 34.4 Å². The number of unbranched alkanes of at least 4 members (excludes halogenated alkanes) is 2. The van der Waals surface area contributed by atoms with Gasteiger partial charge in [-0.1, -0.05) is 136 Å². The molecule has 41 heavy (non-hydrogen) atoms. The molecule has 0 N–H and O–H groups in total. The van der Waals surface area contributed by atoms with E-state index in [4.69, 9.17) is 16.3 Å². The van der Waals surface area contributed by atoms with Gasteiger partial charge in [-0.05, 0) is 6.07 Å². The molecule has 0 heterocycles. The summed E-state index contributed by atoms with van der Waals surface area (Å²) in [5.41, 5.74) is 5.53. The minimum absolute atomic E-state index is 0. The van der Waals surface area contributed by atoms with E-state index in [-0.39, 0.29) is 21.7 Å². The Kier molecular flexibility index (Phi) is 16.4. The Hall–Kier alpha value is -2.32. The number of hydrogen-bond acceptors (Lipinski definition) is 1. The molecule has 0 fully saturated rings. The summed E-state index contributed by atoms with van der Waals surface area (Å²) in [5.74, 6) is 0.895. The summed E-state index contributed by atoms with van der Waals surface area (Å²) in [6, 6.07) is 29.4. The van der Waals surface area contributed by atoms with Gasteiger partial charge in [-0.15, -0.1) is 28.3 Å². The Morgan fingerprint density at radius 2 is 1.51 bits per heavy atom. The summed E-state index contributed by atoms with van der Waals surface area (Å²) in [4.78, 5) is 0. The third kappa shape index (κ3) is 10.8. The van der Waals surface area contributed by atoms with Crippen LogP contribution in [0.1, 0.15) is 71.4 Å². The van der Waals surface area contributed by atoms with Crippen LogP contribution in [0.25, 0.3) is 32.7 Å². The van der Waals surface area contributed by atoms with Crippen LogP contribution < -0.4 is 4.74 Å². The number of hydrogen-bond donors (Lipinski definition) is 0. The van der Waals surface area contributed by atoms with Crippen molar-refractivity contribution in [3.05, 3.63) is 115 Å². The van der Waals surface area contributed by atoms with Crippen molar-refractivity contribution < 1.29 is 26.5 Å². The van der Waals surface area contributed by atoms with Crippen molar-refractivity contribution >= 4 is 33.1 Å². The summed E-state index contributed by atoms with van der Waals surface area (Å²) in [6.45, 7) is 20.3. The van der Waals surface area contributed by atoms with Gasteiger partial charge in [0.2, 0.25) is 0 Å². The van der Waals surface area contributed by atoms with E-state index in [9.17, 15) is 0 Å². The van der Waals surface area contributed by atoms with E-state index in [2.05, 4.69) is 116 Å². The van der Waals surface area contributed by atoms with Gasteiger partial charge in [-0.3, -0.25) is 0 Å². The van der Waals surface area contributed by atoms with Gasteiger partial charge in [0.05, 0.1) is 12.9 Å². The molecule has 1 nitrogen and oxygen atoms in total. The van der Waals surface area contributed by atoms with E-state index in [0.29, 0.717) is 5.41 Å². The fourth-order valence-corrected chi connectivity index (χ4v) is 4.31. The SMILES string of the molecule is COc1ccc(-c2ccccc2)c2[cH-]c3cc(Cl)ccc3c12.C[c-]1ccc(C(C)(C)C)c1.[CH2-]CCC.[CH2-]CCC.[Ti+4]. The average molecular weight is 603 g/mol. The molecule has 0 bridgehead atoms. The Balaban J connectivity index is 0.000000369. The zero-order chi connectivity index (χ0) is 29.7. The van der Waals surface area contributed by atoms with Crippen LogP contribution in [0.3, 0.4) is 0 Å². The fraction of sp³-hybridized carbons (Fsp3) is 0.316. The van der Waals surface area contributed by atoms with Crippen LogP contribution in [0, 0.1) is 20.8 Å². The minimum Gasteiger partial charge on any atom is -0.505 e. The molecule has 0 radical (unpaired) electrons. The predicted octanol–water partition coefficient (Wildman–Crippen LogP) is 12.3. The van der Waals surface area contributed by atoms with Crippen LogP contribution >= 0.6 is 11.6 Å². The molecule has 0 saturated carbocycles. The molecule has 0 spiro atoms. The Bertz CT molecular complexity index is 1410. The van der Waals surface area contributed by atoms with Gasteiger partial charge in [0.25, 0.3) is 0 Å². The standard InChI is InChI=1S/C20H14ClO.C10H15.2C4H9.Ti/c1-22-19-10-9-16(13-5-3-2-4-6-13)18-12-14-11-15(21)7-8-17(14)20(18)19;1-8-5-6-9(7-8)10(2,3)4;2*1-3-4-2;/h2-12H,1H3;5-7H,1-4H3;2*1,3-4H2,2H3;/q4*-1;+4. The fourth-order valence-electron chi connectivity index (χ4n) is 4.13. The third-order valence-electron chi connectivity index (χ3n) is 6.58. The van der Waals surface area contributed by atoms with Crippen molar-refractivity contribution in [3.63, 3.8) is 0 Å². The van der Waals surface area contributed by atoms with Crippen LogP contribution in [0.5, 0.6) is 5.75 Å². The van der Waals surface area contributed by atoms with Gasteiger partial charge in [0.1, 0.15) is 0 Å². The largest absolute Gasteiger partial charge is 4.00 e. The molecular formula is C38H47ClOTi. The topological polar surface area (TPSA) is 9.23 Å².